The lowest BCUT2D eigenvalue weighted by atomic mass is 9.89. The van der Waals surface area contributed by atoms with Crippen molar-refractivity contribution >= 4 is 22.6 Å². The molecule has 3 heterocycles. The normalized spacial score (nSPS) is 33.9. The Morgan fingerprint density at radius 1 is 1.33 bits per heavy atom. The highest BCUT2D eigenvalue weighted by Crippen LogP contribution is 2.40. The zero-order valence-corrected chi connectivity index (χ0v) is 10.8. The van der Waals surface area contributed by atoms with E-state index in [1.165, 1.54) is 24.4 Å². The maximum absolute atomic E-state index is 12.1. The first kappa shape index (κ1) is 10.9. The lowest BCUT2D eigenvalue weighted by Crippen LogP contribution is -2.30. The molecule has 1 amide bonds. The van der Waals surface area contributed by atoms with E-state index >= 15 is 0 Å². The summed E-state index contributed by atoms with van der Waals surface area (Å²) in [5.74, 6) is 1.51. The summed E-state index contributed by atoms with van der Waals surface area (Å²) in [6.45, 7) is 0. The third-order valence-electron chi connectivity index (χ3n) is 4.06. The first-order valence-electron chi connectivity index (χ1n) is 6.59. The van der Waals surface area contributed by atoms with Gasteiger partial charge < -0.3 is 10.1 Å². The predicted octanol–water partition coefficient (Wildman–Crippen LogP) is 1.92. The first-order valence-corrected chi connectivity index (χ1v) is 7.37. The molecular weight excluding hydrogens is 250 g/mol. The number of fused-ring (bicyclic) bond motifs is 2. The van der Waals surface area contributed by atoms with E-state index in [4.69, 9.17) is 4.74 Å². The van der Waals surface area contributed by atoms with Gasteiger partial charge in [0.25, 0.3) is 0 Å². The van der Waals surface area contributed by atoms with Crippen molar-refractivity contribution in [2.75, 3.05) is 5.32 Å². The van der Waals surface area contributed by atoms with Gasteiger partial charge >= 0.3 is 0 Å². The number of anilines is 1. The van der Waals surface area contributed by atoms with Crippen LogP contribution in [-0.2, 0) is 9.53 Å². The number of amides is 1. The fourth-order valence-corrected chi connectivity index (χ4v) is 3.56. The Balaban J connectivity index is 1.42. The van der Waals surface area contributed by atoms with Crippen molar-refractivity contribution in [2.45, 2.75) is 50.2 Å². The van der Waals surface area contributed by atoms with Gasteiger partial charge in [-0.05, 0) is 32.1 Å². The number of carbonyl (C=O) groups excluding carboxylic acids is 1. The summed E-state index contributed by atoms with van der Waals surface area (Å²) in [5.41, 5.74) is 0. The molecule has 1 aromatic heterocycles. The molecule has 1 aromatic rings. The number of carbonyl (C=O) groups is 1. The van der Waals surface area contributed by atoms with Crippen molar-refractivity contribution in [2.24, 2.45) is 5.92 Å². The number of ether oxygens (including phenoxy) is 1. The van der Waals surface area contributed by atoms with E-state index in [2.05, 4.69) is 14.7 Å². The molecule has 2 bridgehead atoms. The molecular formula is C12H15N3O2S. The van der Waals surface area contributed by atoms with Gasteiger partial charge in [0.1, 0.15) is 5.82 Å². The van der Waals surface area contributed by atoms with Gasteiger partial charge in [0.05, 0.1) is 18.1 Å². The number of hydrogen-bond donors (Lipinski definition) is 1. The summed E-state index contributed by atoms with van der Waals surface area (Å²) < 4.78 is 9.99. The summed E-state index contributed by atoms with van der Waals surface area (Å²) >= 11 is 1.29. The van der Waals surface area contributed by atoms with Crippen LogP contribution in [0.15, 0.2) is 0 Å². The lowest BCUT2D eigenvalue weighted by Gasteiger charge is -2.16. The second-order valence-corrected chi connectivity index (χ2v) is 6.19. The molecule has 3 fully saturated rings. The van der Waals surface area contributed by atoms with Crippen LogP contribution in [0, 0.1) is 5.92 Å². The van der Waals surface area contributed by atoms with Crippen LogP contribution < -0.4 is 5.32 Å². The van der Waals surface area contributed by atoms with Crippen LogP contribution in [0.4, 0.5) is 5.13 Å². The molecule has 5 nitrogen and oxygen atoms in total. The van der Waals surface area contributed by atoms with Crippen molar-refractivity contribution < 1.29 is 9.53 Å². The van der Waals surface area contributed by atoms with Gasteiger partial charge in [0.15, 0.2) is 0 Å². The monoisotopic (exact) mass is 265 g/mol. The maximum Gasteiger partial charge on any atom is 0.232 e. The van der Waals surface area contributed by atoms with Crippen LogP contribution in [0.25, 0.3) is 0 Å². The number of hydrogen-bond acceptors (Lipinski definition) is 5. The molecule has 1 N–H and O–H groups in total. The smallest absolute Gasteiger partial charge is 0.232 e. The van der Waals surface area contributed by atoms with E-state index in [-0.39, 0.29) is 17.9 Å². The molecule has 0 aromatic carbocycles. The minimum atomic E-state index is 0.0111. The average molecular weight is 265 g/mol. The molecule has 6 heteroatoms. The van der Waals surface area contributed by atoms with Crippen LogP contribution in [0.3, 0.4) is 0 Å². The molecule has 1 aliphatic carbocycles. The summed E-state index contributed by atoms with van der Waals surface area (Å²) in [4.78, 5) is 16.5. The fraction of sp³-hybridized carbons (Fsp3) is 0.750. The number of nitrogens with zero attached hydrogens (tertiary/aromatic N) is 2. The molecule has 1 saturated carbocycles. The molecule has 0 spiro atoms. The van der Waals surface area contributed by atoms with Crippen molar-refractivity contribution in [3.63, 3.8) is 0 Å². The molecule has 2 saturated heterocycles. The minimum absolute atomic E-state index is 0.0111. The van der Waals surface area contributed by atoms with Gasteiger partial charge in [-0.15, -0.1) is 0 Å². The molecule has 4 rings (SSSR count). The van der Waals surface area contributed by atoms with Gasteiger partial charge in [-0.3, -0.25) is 4.79 Å². The van der Waals surface area contributed by atoms with Crippen molar-refractivity contribution in [1.29, 1.82) is 0 Å². The van der Waals surface area contributed by atoms with Crippen LogP contribution in [-0.4, -0.2) is 27.5 Å². The Labute approximate surface area is 109 Å². The molecule has 18 heavy (non-hydrogen) atoms. The SMILES string of the molecule is O=C(Nc1nc(C2CC2)ns1)[C@@H]1C[C@H]2CC[C@@H]1O2. The summed E-state index contributed by atoms with van der Waals surface area (Å²) in [6.07, 6.45) is 5.80. The highest BCUT2D eigenvalue weighted by Gasteiger charge is 2.44. The van der Waals surface area contributed by atoms with Gasteiger partial charge in [-0.2, -0.15) is 4.37 Å². The predicted molar refractivity (Wildman–Crippen MR) is 66.5 cm³/mol. The molecule has 0 radical (unpaired) electrons. The van der Waals surface area contributed by atoms with Crippen molar-refractivity contribution in [3.05, 3.63) is 5.82 Å². The zero-order valence-electron chi connectivity index (χ0n) is 9.96. The van der Waals surface area contributed by atoms with E-state index in [1.807, 2.05) is 0 Å². The highest BCUT2D eigenvalue weighted by atomic mass is 32.1. The van der Waals surface area contributed by atoms with E-state index in [9.17, 15) is 4.79 Å². The standard InChI is InChI=1S/C12H15N3O2S/c16-11(8-5-7-3-4-9(8)17-7)14-12-13-10(15-18-12)6-1-2-6/h6-9H,1-5H2,(H,13,14,15,16)/t7-,8-,9+/m1/s1. The average Bonchev–Trinajstić information content (AvgIpc) is 2.82. The van der Waals surface area contributed by atoms with E-state index in [1.54, 1.807) is 0 Å². The second-order valence-electron chi connectivity index (χ2n) is 5.44. The Hall–Kier alpha value is -1.01. The molecule has 2 aliphatic heterocycles. The molecule has 3 atom stereocenters. The van der Waals surface area contributed by atoms with Crippen molar-refractivity contribution in [1.82, 2.24) is 9.36 Å². The Morgan fingerprint density at radius 3 is 2.89 bits per heavy atom. The Morgan fingerprint density at radius 2 is 2.22 bits per heavy atom. The van der Waals surface area contributed by atoms with Gasteiger partial charge in [-0.1, -0.05) is 0 Å². The van der Waals surface area contributed by atoms with Crippen LogP contribution in [0.2, 0.25) is 0 Å². The summed E-state index contributed by atoms with van der Waals surface area (Å²) in [7, 11) is 0. The molecule has 96 valence electrons. The Bertz CT molecular complexity index is 485. The van der Waals surface area contributed by atoms with Crippen LogP contribution in [0.5, 0.6) is 0 Å². The molecule has 3 aliphatic rings. The van der Waals surface area contributed by atoms with Crippen LogP contribution in [0.1, 0.15) is 43.8 Å². The van der Waals surface area contributed by atoms with Crippen LogP contribution >= 0.6 is 11.5 Å². The number of nitrogens with one attached hydrogen (secondary N) is 1. The van der Waals surface area contributed by atoms with Gasteiger partial charge in [0.2, 0.25) is 11.0 Å². The van der Waals surface area contributed by atoms with Crippen molar-refractivity contribution in [3.8, 4) is 0 Å². The topological polar surface area (TPSA) is 64.1 Å². The zero-order chi connectivity index (χ0) is 12.1. The quantitative estimate of drug-likeness (QED) is 0.907. The van der Waals surface area contributed by atoms with Gasteiger partial charge in [-0.25, -0.2) is 4.98 Å². The first-order chi connectivity index (χ1) is 8.79. The second kappa shape index (κ2) is 3.99. The fourth-order valence-electron chi connectivity index (χ4n) is 2.90. The highest BCUT2D eigenvalue weighted by molar-refractivity contribution is 7.09. The molecule has 0 unspecified atom stereocenters. The van der Waals surface area contributed by atoms with E-state index in [0.29, 0.717) is 17.2 Å². The largest absolute Gasteiger partial charge is 0.374 e. The lowest BCUT2D eigenvalue weighted by molar-refractivity contribution is -0.121. The summed E-state index contributed by atoms with van der Waals surface area (Å²) in [6, 6.07) is 0. The van der Waals surface area contributed by atoms with Gasteiger partial charge in [0, 0.05) is 17.5 Å². The number of aromatic nitrogens is 2. The third kappa shape index (κ3) is 1.83. The van der Waals surface area contributed by atoms with E-state index < -0.39 is 0 Å². The third-order valence-corrected chi connectivity index (χ3v) is 4.70. The van der Waals surface area contributed by atoms with E-state index in [0.717, 1.165) is 25.1 Å². The number of rotatable bonds is 3. The maximum atomic E-state index is 12.1. The summed E-state index contributed by atoms with van der Waals surface area (Å²) in [5, 5.41) is 3.54. The Kier molecular flexibility index (Phi) is 2.41. The minimum Gasteiger partial charge on any atom is -0.374 e.